The average Bonchev–Trinajstić information content (AvgIpc) is 2.80. The Balaban J connectivity index is 1.49. The predicted octanol–water partition coefficient (Wildman–Crippen LogP) is 3.82. The molecule has 2 aromatic heterocycles. The average molecular weight is 405 g/mol. The molecule has 1 aliphatic rings. The topological polar surface area (TPSA) is 76.9 Å². The van der Waals surface area contributed by atoms with Crippen molar-refractivity contribution in [2.75, 3.05) is 0 Å². The minimum Gasteiger partial charge on any atom is -0.350 e. The summed E-state index contributed by atoms with van der Waals surface area (Å²) in [5.74, 6) is 0.734. The van der Waals surface area contributed by atoms with E-state index in [2.05, 4.69) is 15.4 Å². The van der Waals surface area contributed by atoms with Crippen molar-refractivity contribution in [2.45, 2.75) is 58.0 Å². The molecule has 0 spiro atoms. The van der Waals surface area contributed by atoms with E-state index in [4.69, 9.17) is 0 Å². The van der Waals surface area contributed by atoms with Gasteiger partial charge >= 0.3 is 0 Å². The van der Waals surface area contributed by atoms with Gasteiger partial charge in [0.2, 0.25) is 5.91 Å². The summed E-state index contributed by atoms with van der Waals surface area (Å²) in [5, 5.41) is 8.97. The Morgan fingerprint density at radius 2 is 1.80 bits per heavy atom. The Bertz CT molecular complexity index is 1060. The van der Waals surface area contributed by atoms with E-state index in [1.165, 1.54) is 36.8 Å². The van der Waals surface area contributed by atoms with Crippen LogP contribution in [-0.2, 0) is 17.9 Å². The summed E-state index contributed by atoms with van der Waals surface area (Å²) in [5.41, 5.74) is 1.32. The van der Waals surface area contributed by atoms with Gasteiger partial charge in [0.1, 0.15) is 0 Å². The van der Waals surface area contributed by atoms with Crippen LogP contribution in [0.25, 0.3) is 10.8 Å². The van der Waals surface area contributed by atoms with Crippen LogP contribution in [0, 0.1) is 5.92 Å². The first-order chi connectivity index (χ1) is 14.7. The second kappa shape index (κ2) is 9.65. The predicted molar refractivity (Wildman–Crippen MR) is 117 cm³/mol. The van der Waals surface area contributed by atoms with Crippen molar-refractivity contribution in [1.82, 2.24) is 20.1 Å². The number of hydrogen-bond acceptors (Lipinski definition) is 4. The number of fused-ring (bicyclic) bond motifs is 1. The van der Waals surface area contributed by atoms with Gasteiger partial charge in [0, 0.05) is 18.0 Å². The Morgan fingerprint density at radius 3 is 2.57 bits per heavy atom. The van der Waals surface area contributed by atoms with Gasteiger partial charge in [-0.3, -0.25) is 14.6 Å². The lowest BCUT2D eigenvalue weighted by atomic mass is 9.86. The van der Waals surface area contributed by atoms with E-state index >= 15 is 0 Å². The molecular weight excluding hydrogens is 376 g/mol. The summed E-state index contributed by atoms with van der Waals surface area (Å²) in [4.78, 5) is 29.6. The third kappa shape index (κ3) is 4.93. The molecule has 0 radical (unpaired) electrons. The molecule has 156 valence electrons. The minimum absolute atomic E-state index is 0.0499. The van der Waals surface area contributed by atoms with Gasteiger partial charge in [-0.2, -0.15) is 5.10 Å². The fraction of sp³-hybridized carbons (Fsp3) is 0.417. The molecule has 0 saturated heterocycles. The molecule has 3 aromatic rings. The quantitative estimate of drug-likeness (QED) is 0.649. The lowest BCUT2D eigenvalue weighted by Crippen LogP contribution is -2.29. The summed E-state index contributed by atoms with van der Waals surface area (Å²) in [7, 11) is 0. The highest BCUT2D eigenvalue weighted by atomic mass is 16.1. The van der Waals surface area contributed by atoms with Gasteiger partial charge in [-0.1, -0.05) is 56.4 Å². The Kier molecular flexibility index (Phi) is 6.52. The first kappa shape index (κ1) is 20.3. The fourth-order valence-electron chi connectivity index (χ4n) is 4.27. The highest BCUT2D eigenvalue weighted by molar-refractivity contribution is 5.84. The van der Waals surface area contributed by atoms with Gasteiger partial charge in [-0.15, -0.1) is 0 Å². The van der Waals surface area contributed by atoms with E-state index in [-0.39, 0.29) is 11.5 Å². The lowest BCUT2D eigenvalue weighted by molar-refractivity contribution is -0.121. The molecule has 1 saturated carbocycles. The van der Waals surface area contributed by atoms with Crippen molar-refractivity contribution in [3.63, 3.8) is 0 Å². The molecule has 0 atom stereocenters. The number of amides is 1. The molecule has 6 heteroatoms. The van der Waals surface area contributed by atoms with Crippen LogP contribution < -0.4 is 10.9 Å². The van der Waals surface area contributed by atoms with Crippen molar-refractivity contribution in [3.05, 3.63) is 70.4 Å². The zero-order valence-corrected chi connectivity index (χ0v) is 17.2. The van der Waals surface area contributed by atoms with Crippen LogP contribution in [0.2, 0.25) is 0 Å². The number of carbonyl (C=O) groups excluding carboxylic acids is 1. The van der Waals surface area contributed by atoms with Gasteiger partial charge in [0.15, 0.2) is 0 Å². The maximum absolute atomic E-state index is 12.9. The maximum atomic E-state index is 12.9. The molecule has 6 nitrogen and oxygen atoms in total. The van der Waals surface area contributed by atoms with Crippen LogP contribution in [-0.4, -0.2) is 20.7 Å². The Labute approximate surface area is 176 Å². The van der Waals surface area contributed by atoms with E-state index in [9.17, 15) is 9.59 Å². The molecular formula is C24H28N4O2. The van der Waals surface area contributed by atoms with Gasteiger partial charge in [-0.05, 0) is 30.5 Å². The summed E-state index contributed by atoms with van der Waals surface area (Å²) in [6.07, 6.45) is 9.62. The highest BCUT2D eigenvalue weighted by Gasteiger charge is 2.16. The second-order valence-corrected chi connectivity index (χ2v) is 8.10. The Hall–Kier alpha value is -3.02. The molecule has 4 rings (SSSR count). The maximum Gasteiger partial charge on any atom is 0.275 e. The normalized spacial score (nSPS) is 14.7. The van der Waals surface area contributed by atoms with Gasteiger partial charge < -0.3 is 5.32 Å². The van der Waals surface area contributed by atoms with Crippen molar-refractivity contribution < 1.29 is 4.79 Å². The molecule has 1 aromatic carbocycles. The van der Waals surface area contributed by atoms with E-state index in [0.29, 0.717) is 36.5 Å². The number of aromatic nitrogens is 3. The van der Waals surface area contributed by atoms with Crippen LogP contribution in [0.4, 0.5) is 0 Å². The number of carbonyl (C=O) groups is 1. The Morgan fingerprint density at radius 1 is 1.03 bits per heavy atom. The van der Waals surface area contributed by atoms with Gasteiger partial charge in [0.25, 0.3) is 5.56 Å². The summed E-state index contributed by atoms with van der Waals surface area (Å²) in [6, 6.07) is 13.0. The molecule has 1 aliphatic carbocycles. The molecule has 2 heterocycles. The summed E-state index contributed by atoms with van der Waals surface area (Å²) >= 11 is 0. The van der Waals surface area contributed by atoms with Gasteiger partial charge in [0.05, 0.1) is 29.9 Å². The van der Waals surface area contributed by atoms with Crippen molar-refractivity contribution in [3.8, 4) is 0 Å². The zero-order valence-electron chi connectivity index (χ0n) is 17.2. The third-order valence-corrected chi connectivity index (χ3v) is 5.94. The van der Waals surface area contributed by atoms with Crippen LogP contribution >= 0.6 is 0 Å². The number of hydrogen-bond donors (Lipinski definition) is 1. The van der Waals surface area contributed by atoms with Gasteiger partial charge in [-0.25, -0.2) is 4.68 Å². The molecule has 1 amide bonds. The van der Waals surface area contributed by atoms with Crippen LogP contribution in [0.1, 0.15) is 56.3 Å². The molecule has 30 heavy (non-hydrogen) atoms. The number of benzene rings is 1. The van der Waals surface area contributed by atoms with Crippen LogP contribution in [0.15, 0.2) is 53.5 Å². The number of nitrogens with zero attached hydrogens (tertiary/aromatic N) is 3. The smallest absolute Gasteiger partial charge is 0.275 e. The van der Waals surface area contributed by atoms with Crippen LogP contribution in [0.3, 0.4) is 0 Å². The molecule has 1 fully saturated rings. The molecule has 0 aliphatic heterocycles. The minimum atomic E-state index is -0.149. The number of pyridine rings is 1. The van der Waals surface area contributed by atoms with Crippen molar-refractivity contribution in [1.29, 1.82) is 0 Å². The molecule has 0 bridgehead atoms. The van der Waals surface area contributed by atoms with Crippen molar-refractivity contribution in [2.24, 2.45) is 5.92 Å². The van der Waals surface area contributed by atoms with Crippen LogP contribution in [0.5, 0.6) is 0 Å². The standard InChI is InChI=1S/C24H28N4O2/c29-23(14-13-18-8-2-1-3-9-18)26-16-22-20-11-4-5-12-21(20)24(30)28(27-22)17-19-10-6-7-15-25-19/h4-7,10-12,15,18H,1-3,8-9,13-14,16-17H2,(H,26,29). The second-order valence-electron chi connectivity index (χ2n) is 8.10. The van der Waals surface area contributed by atoms with E-state index in [0.717, 1.165) is 17.5 Å². The third-order valence-electron chi connectivity index (χ3n) is 5.94. The highest BCUT2D eigenvalue weighted by Crippen LogP contribution is 2.27. The van der Waals surface area contributed by atoms with Crippen molar-refractivity contribution >= 4 is 16.7 Å². The monoisotopic (exact) mass is 404 g/mol. The fourth-order valence-corrected chi connectivity index (χ4v) is 4.27. The first-order valence-electron chi connectivity index (χ1n) is 10.9. The molecule has 0 unspecified atom stereocenters. The summed E-state index contributed by atoms with van der Waals surface area (Å²) < 4.78 is 1.44. The van der Waals surface area contributed by atoms with E-state index < -0.39 is 0 Å². The first-order valence-corrected chi connectivity index (χ1v) is 10.9. The zero-order chi connectivity index (χ0) is 20.8. The van der Waals surface area contributed by atoms with E-state index in [1.54, 1.807) is 6.20 Å². The SMILES string of the molecule is O=C(CCC1CCCCC1)NCc1nn(Cc2ccccn2)c(=O)c2ccccc12. The summed E-state index contributed by atoms with van der Waals surface area (Å²) in [6.45, 7) is 0.611. The molecule has 1 N–H and O–H groups in total. The number of nitrogens with one attached hydrogen (secondary N) is 1. The largest absolute Gasteiger partial charge is 0.350 e. The number of rotatable bonds is 7. The van der Waals surface area contributed by atoms with E-state index in [1.807, 2.05) is 42.5 Å². The lowest BCUT2D eigenvalue weighted by Gasteiger charge is -2.21.